The van der Waals surface area contributed by atoms with Crippen molar-refractivity contribution in [1.29, 1.82) is 0 Å². The maximum Gasteiger partial charge on any atom is 0.326 e. The van der Waals surface area contributed by atoms with Gasteiger partial charge in [0, 0.05) is 23.0 Å². The van der Waals surface area contributed by atoms with Crippen molar-refractivity contribution in [3.05, 3.63) is 76.3 Å². The summed E-state index contributed by atoms with van der Waals surface area (Å²) in [6.45, 7) is 0.241. The summed E-state index contributed by atoms with van der Waals surface area (Å²) in [6, 6.07) is 15.2. The number of sulfonamides is 1. The molecule has 3 aromatic carbocycles. The molecule has 206 valence electrons. The number of rotatable bonds is 10. The van der Waals surface area contributed by atoms with Crippen molar-refractivity contribution in [1.82, 2.24) is 9.62 Å². The summed E-state index contributed by atoms with van der Waals surface area (Å²) in [7, 11) is -0.769. The fourth-order valence-corrected chi connectivity index (χ4v) is 7.20. The summed E-state index contributed by atoms with van der Waals surface area (Å²) in [4.78, 5) is 12.2. The third-order valence-electron chi connectivity index (χ3n) is 6.44. The summed E-state index contributed by atoms with van der Waals surface area (Å²) >= 11 is 17.5. The predicted molar refractivity (Wildman–Crippen MR) is 155 cm³/mol. The Hall–Kier alpha value is -2.89. The maximum absolute atomic E-state index is 13.2. The molecule has 0 aromatic heterocycles. The predicted octanol–water partition coefficient (Wildman–Crippen LogP) is 5.05. The lowest BCUT2D eigenvalue weighted by atomic mass is 9.99. The molecule has 0 radical (unpaired) electrons. The van der Waals surface area contributed by atoms with Crippen LogP contribution in [0.25, 0.3) is 11.1 Å². The van der Waals surface area contributed by atoms with Crippen LogP contribution >= 0.6 is 35.4 Å². The van der Waals surface area contributed by atoms with Gasteiger partial charge in [-0.25, -0.2) is 13.2 Å². The van der Waals surface area contributed by atoms with Crippen molar-refractivity contribution in [2.75, 3.05) is 20.8 Å². The summed E-state index contributed by atoms with van der Waals surface area (Å²) in [5.74, 6) is 0.193. The standard InChI is InChI=1S/C27H26Cl2N2O6S2/c1-36-23-4-3-5-24(37-2)25(23)17-8-6-16(7-9-17)12-21(27(32)33)30-26(38)22-10-11-31(22)39(34,35)20-14-18(28)13-19(29)15-20/h3-9,13-15,21-22H,10-12H2,1-2H3,(H,30,38)(H,32,33)/t21-,22-/m0/s1. The van der Waals surface area contributed by atoms with Gasteiger partial charge in [-0.15, -0.1) is 0 Å². The molecule has 8 nitrogen and oxygen atoms in total. The molecule has 1 aliphatic rings. The van der Waals surface area contributed by atoms with Gasteiger partial charge >= 0.3 is 5.97 Å². The highest BCUT2D eigenvalue weighted by Gasteiger charge is 2.42. The quantitative estimate of drug-likeness (QED) is 0.308. The molecule has 2 atom stereocenters. The largest absolute Gasteiger partial charge is 0.496 e. The number of methoxy groups -OCH3 is 2. The second-order valence-electron chi connectivity index (χ2n) is 8.86. The average Bonchev–Trinajstić information content (AvgIpc) is 2.86. The van der Waals surface area contributed by atoms with Gasteiger partial charge in [-0.05, 0) is 47.9 Å². The van der Waals surface area contributed by atoms with E-state index in [9.17, 15) is 18.3 Å². The minimum atomic E-state index is -3.93. The van der Waals surface area contributed by atoms with E-state index in [0.717, 1.165) is 16.7 Å². The van der Waals surface area contributed by atoms with Crippen LogP contribution < -0.4 is 14.8 Å². The Morgan fingerprint density at radius 3 is 2.15 bits per heavy atom. The zero-order valence-electron chi connectivity index (χ0n) is 21.1. The van der Waals surface area contributed by atoms with Gasteiger partial charge in [-0.2, -0.15) is 4.31 Å². The number of hydrogen-bond donors (Lipinski definition) is 2. The second-order valence-corrected chi connectivity index (χ2v) is 12.1. The monoisotopic (exact) mass is 608 g/mol. The molecule has 0 unspecified atom stereocenters. The highest BCUT2D eigenvalue weighted by atomic mass is 35.5. The zero-order valence-corrected chi connectivity index (χ0v) is 24.2. The van der Waals surface area contributed by atoms with E-state index in [0.29, 0.717) is 17.9 Å². The summed E-state index contributed by atoms with van der Waals surface area (Å²) in [5, 5.41) is 13.1. The number of nitrogens with zero attached hydrogens (tertiary/aromatic N) is 1. The first-order valence-electron chi connectivity index (χ1n) is 11.9. The summed E-state index contributed by atoms with van der Waals surface area (Å²) < 4.78 is 38.5. The number of carbonyl (C=O) groups is 1. The Bertz CT molecular complexity index is 1460. The van der Waals surface area contributed by atoms with Gasteiger partial charge in [0.2, 0.25) is 10.0 Å². The number of carboxylic acid groups (broad SMARTS) is 1. The zero-order chi connectivity index (χ0) is 28.3. The van der Waals surface area contributed by atoms with Gasteiger partial charge in [0.25, 0.3) is 0 Å². The van der Waals surface area contributed by atoms with Crippen LogP contribution in [0.1, 0.15) is 12.0 Å². The lowest BCUT2D eigenvalue weighted by Gasteiger charge is -2.40. The van der Waals surface area contributed by atoms with E-state index in [4.69, 9.17) is 44.9 Å². The molecule has 0 spiro atoms. The van der Waals surface area contributed by atoms with Crippen LogP contribution in [0.5, 0.6) is 11.5 Å². The van der Waals surface area contributed by atoms with E-state index in [1.807, 2.05) is 42.5 Å². The molecule has 1 saturated heterocycles. The minimum Gasteiger partial charge on any atom is -0.496 e. The van der Waals surface area contributed by atoms with E-state index < -0.39 is 28.1 Å². The number of aliphatic carboxylic acids is 1. The number of ether oxygens (including phenoxy) is 2. The van der Waals surface area contributed by atoms with Crippen LogP contribution in [0.2, 0.25) is 10.0 Å². The van der Waals surface area contributed by atoms with Crippen LogP contribution in [0.3, 0.4) is 0 Å². The third kappa shape index (κ3) is 6.31. The SMILES string of the molecule is COc1cccc(OC)c1-c1ccc(C[C@H](NC(=S)[C@@H]2CCN2S(=O)(=O)c2cc(Cl)cc(Cl)c2)C(=O)O)cc1. The van der Waals surface area contributed by atoms with Gasteiger partial charge in [0.1, 0.15) is 17.5 Å². The number of carboxylic acids is 1. The van der Waals surface area contributed by atoms with Gasteiger partial charge < -0.3 is 19.9 Å². The van der Waals surface area contributed by atoms with Crippen molar-refractivity contribution < 1.29 is 27.8 Å². The van der Waals surface area contributed by atoms with Gasteiger partial charge in [-0.3, -0.25) is 0 Å². The Labute approximate surface area is 242 Å². The van der Waals surface area contributed by atoms with Crippen molar-refractivity contribution in [2.24, 2.45) is 0 Å². The fourth-order valence-electron chi connectivity index (χ4n) is 4.37. The third-order valence-corrected chi connectivity index (χ3v) is 9.15. The van der Waals surface area contributed by atoms with E-state index in [2.05, 4.69) is 5.32 Å². The van der Waals surface area contributed by atoms with E-state index >= 15 is 0 Å². The molecular formula is C27H26Cl2N2O6S2. The van der Waals surface area contributed by atoms with Crippen molar-refractivity contribution >= 4 is 56.4 Å². The topological polar surface area (TPSA) is 105 Å². The Kier molecular flexibility index (Phi) is 9.03. The molecule has 0 saturated carbocycles. The summed E-state index contributed by atoms with van der Waals surface area (Å²) in [5.41, 5.74) is 2.39. The van der Waals surface area contributed by atoms with Crippen LogP contribution in [0.4, 0.5) is 0 Å². The maximum atomic E-state index is 13.2. The van der Waals surface area contributed by atoms with Crippen LogP contribution in [-0.2, 0) is 21.2 Å². The Balaban J connectivity index is 1.48. The number of benzene rings is 3. The first-order valence-corrected chi connectivity index (χ1v) is 14.5. The minimum absolute atomic E-state index is 0.0472. The molecule has 1 heterocycles. The number of hydrogen-bond acceptors (Lipinski definition) is 6. The number of thiocarbonyl (C=S) groups is 1. The smallest absolute Gasteiger partial charge is 0.326 e. The molecular weight excluding hydrogens is 583 g/mol. The number of halogens is 2. The first-order chi connectivity index (χ1) is 18.5. The molecule has 3 aromatic rings. The molecule has 0 amide bonds. The van der Waals surface area contributed by atoms with Crippen molar-refractivity contribution in [3.8, 4) is 22.6 Å². The van der Waals surface area contributed by atoms with Crippen LogP contribution in [0.15, 0.2) is 65.6 Å². The van der Waals surface area contributed by atoms with Crippen LogP contribution in [0, 0.1) is 0 Å². The highest BCUT2D eigenvalue weighted by Crippen LogP contribution is 2.38. The fraction of sp³-hybridized carbons (Fsp3) is 0.259. The lowest BCUT2D eigenvalue weighted by Crippen LogP contribution is -2.59. The molecule has 0 aliphatic carbocycles. The average molecular weight is 610 g/mol. The Morgan fingerprint density at radius 2 is 1.67 bits per heavy atom. The molecule has 12 heteroatoms. The summed E-state index contributed by atoms with van der Waals surface area (Å²) in [6.07, 6.45) is 0.587. The number of nitrogens with one attached hydrogen (secondary N) is 1. The molecule has 4 rings (SSSR count). The lowest BCUT2D eigenvalue weighted by molar-refractivity contribution is -0.139. The van der Waals surface area contributed by atoms with Crippen molar-refractivity contribution in [3.63, 3.8) is 0 Å². The second kappa shape index (κ2) is 12.1. The molecule has 2 N–H and O–H groups in total. The van der Waals surface area contributed by atoms with E-state index in [-0.39, 0.29) is 32.9 Å². The molecule has 1 fully saturated rings. The van der Waals surface area contributed by atoms with E-state index in [1.54, 1.807) is 14.2 Å². The normalized spacial score (nSPS) is 16.2. The highest BCUT2D eigenvalue weighted by molar-refractivity contribution is 7.89. The van der Waals surface area contributed by atoms with E-state index in [1.165, 1.54) is 22.5 Å². The van der Waals surface area contributed by atoms with Gasteiger partial charge in [0.05, 0.1) is 35.7 Å². The Morgan fingerprint density at radius 1 is 1.08 bits per heavy atom. The first kappa shape index (κ1) is 29.1. The molecule has 0 bridgehead atoms. The molecule has 39 heavy (non-hydrogen) atoms. The van der Waals surface area contributed by atoms with Gasteiger partial charge in [-0.1, -0.05) is 65.8 Å². The van der Waals surface area contributed by atoms with Crippen molar-refractivity contribution in [2.45, 2.75) is 29.8 Å². The van der Waals surface area contributed by atoms with Crippen LogP contribution in [-0.4, -0.2) is 61.6 Å². The van der Waals surface area contributed by atoms with Gasteiger partial charge in [0.15, 0.2) is 0 Å². The molecule has 1 aliphatic heterocycles.